The molecule has 0 heterocycles. The Morgan fingerprint density at radius 2 is 1.69 bits per heavy atom. The van der Waals surface area contributed by atoms with Gasteiger partial charge in [0.2, 0.25) is 11.8 Å². The molecule has 154 valence electrons. The molecule has 6 nitrogen and oxygen atoms in total. The van der Waals surface area contributed by atoms with Crippen LogP contribution in [0.25, 0.3) is 0 Å². The minimum Gasteiger partial charge on any atom is -0.359 e. The van der Waals surface area contributed by atoms with Crippen molar-refractivity contribution in [1.29, 1.82) is 0 Å². The summed E-state index contributed by atoms with van der Waals surface area (Å²) in [4.78, 5) is 38.6. The molecular formula is C22H26ClN3O3. The highest BCUT2D eigenvalue weighted by atomic mass is 35.5. The van der Waals surface area contributed by atoms with E-state index in [0.29, 0.717) is 36.4 Å². The Balaban J connectivity index is 2.09. The third-order valence-corrected chi connectivity index (χ3v) is 4.80. The second-order valence-corrected chi connectivity index (χ2v) is 7.20. The highest BCUT2D eigenvalue weighted by molar-refractivity contribution is 6.30. The topological polar surface area (TPSA) is 78.5 Å². The lowest BCUT2D eigenvalue weighted by Crippen LogP contribution is -2.48. The van der Waals surface area contributed by atoms with Gasteiger partial charge >= 0.3 is 0 Å². The van der Waals surface area contributed by atoms with E-state index >= 15 is 0 Å². The van der Waals surface area contributed by atoms with E-state index in [1.54, 1.807) is 43.3 Å². The monoisotopic (exact) mass is 415 g/mol. The molecule has 7 heteroatoms. The van der Waals surface area contributed by atoms with Crippen LogP contribution in [0.15, 0.2) is 54.6 Å². The summed E-state index contributed by atoms with van der Waals surface area (Å²) in [6.07, 6.45) is 1.26. The van der Waals surface area contributed by atoms with E-state index in [1.165, 1.54) is 0 Å². The van der Waals surface area contributed by atoms with Gasteiger partial charge in [0.15, 0.2) is 0 Å². The summed E-state index contributed by atoms with van der Waals surface area (Å²) in [5.41, 5.74) is 1.38. The first kappa shape index (κ1) is 22.4. The van der Waals surface area contributed by atoms with Gasteiger partial charge in [-0.2, -0.15) is 0 Å². The Kier molecular flexibility index (Phi) is 8.68. The fourth-order valence-corrected chi connectivity index (χ4v) is 3.00. The van der Waals surface area contributed by atoms with Crippen molar-refractivity contribution in [3.63, 3.8) is 0 Å². The van der Waals surface area contributed by atoms with Crippen LogP contribution < -0.4 is 10.6 Å². The van der Waals surface area contributed by atoms with Crippen molar-refractivity contribution in [1.82, 2.24) is 15.5 Å². The molecule has 2 aromatic carbocycles. The fourth-order valence-electron chi connectivity index (χ4n) is 2.87. The van der Waals surface area contributed by atoms with Crippen molar-refractivity contribution in [2.45, 2.75) is 25.3 Å². The number of halogens is 1. The second-order valence-electron chi connectivity index (χ2n) is 6.76. The summed E-state index contributed by atoms with van der Waals surface area (Å²) >= 11 is 5.88. The van der Waals surface area contributed by atoms with Crippen molar-refractivity contribution in [2.75, 3.05) is 20.6 Å². The molecule has 2 aromatic rings. The van der Waals surface area contributed by atoms with Crippen molar-refractivity contribution >= 4 is 29.3 Å². The Labute approximate surface area is 176 Å². The van der Waals surface area contributed by atoms with Crippen LogP contribution in [0.5, 0.6) is 0 Å². The van der Waals surface area contributed by atoms with Gasteiger partial charge in [0.05, 0.1) is 0 Å². The molecule has 0 aliphatic heterocycles. The molecule has 0 aliphatic rings. The van der Waals surface area contributed by atoms with Gasteiger partial charge in [0.25, 0.3) is 5.91 Å². The van der Waals surface area contributed by atoms with Crippen LogP contribution in [0.1, 0.15) is 28.8 Å². The van der Waals surface area contributed by atoms with E-state index in [0.717, 1.165) is 5.56 Å². The lowest BCUT2D eigenvalue weighted by molar-refractivity contribution is -0.132. The van der Waals surface area contributed by atoms with Crippen molar-refractivity contribution < 1.29 is 14.4 Å². The van der Waals surface area contributed by atoms with Crippen LogP contribution >= 0.6 is 11.6 Å². The second kappa shape index (κ2) is 11.2. The average molecular weight is 416 g/mol. The van der Waals surface area contributed by atoms with Crippen molar-refractivity contribution in [2.24, 2.45) is 0 Å². The van der Waals surface area contributed by atoms with E-state index in [1.807, 2.05) is 30.3 Å². The molecule has 0 aromatic heterocycles. The van der Waals surface area contributed by atoms with Crippen LogP contribution in [0, 0.1) is 0 Å². The standard InChI is InChI=1S/C22H26ClN3O3/c1-24-20(27)9-6-14-26(2)22(29)19(15-16-7-4-3-5-8-16)25-21(28)17-10-12-18(23)13-11-17/h3-5,7-8,10-13,19H,6,9,14-15H2,1-2H3,(H,24,27)(H,25,28). The minimum absolute atomic E-state index is 0.0669. The molecule has 0 spiro atoms. The predicted octanol–water partition coefficient (Wildman–Crippen LogP) is 2.67. The molecule has 0 saturated carbocycles. The van der Waals surface area contributed by atoms with Crippen LogP contribution in [-0.2, 0) is 16.0 Å². The number of likely N-dealkylation sites (N-methyl/N-ethyl adjacent to an activating group) is 1. The molecule has 2 N–H and O–H groups in total. The number of nitrogens with one attached hydrogen (secondary N) is 2. The third kappa shape index (κ3) is 7.23. The molecule has 0 aliphatic carbocycles. The molecule has 0 fully saturated rings. The number of carbonyl (C=O) groups excluding carboxylic acids is 3. The first-order valence-corrected chi connectivity index (χ1v) is 9.84. The highest BCUT2D eigenvalue weighted by Gasteiger charge is 2.25. The number of amides is 3. The molecule has 2 rings (SSSR count). The molecule has 1 unspecified atom stereocenters. The summed E-state index contributed by atoms with van der Waals surface area (Å²) in [6.45, 7) is 0.425. The number of benzene rings is 2. The average Bonchev–Trinajstić information content (AvgIpc) is 2.73. The zero-order valence-electron chi connectivity index (χ0n) is 16.7. The third-order valence-electron chi connectivity index (χ3n) is 4.54. The lowest BCUT2D eigenvalue weighted by Gasteiger charge is -2.25. The van der Waals surface area contributed by atoms with Crippen molar-refractivity contribution in [3.05, 3.63) is 70.7 Å². The fraction of sp³-hybridized carbons (Fsp3) is 0.318. The molecule has 29 heavy (non-hydrogen) atoms. The van der Waals surface area contributed by atoms with Gasteiger partial charge < -0.3 is 15.5 Å². The normalized spacial score (nSPS) is 11.4. The summed E-state index contributed by atoms with van der Waals surface area (Å²) in [7, 11) is 3.26. The summed E-state index contributed by atoms with van der Waals surface area (Å²) < 4.78 is 0. The summed E-state index contributed by atoms with van der Waals surface area (Å²) in [6, 6.07) is 15.3. The molecule has 0 bridgehead atoms. The van der Waals surface area contributed by atoms with Gasteiger partial charge in [-0.1, -0.05) is 41.9 Å². The zero-order chi connectivity index (χ0) is 21.2. The Morgan fingerprint density at radius 3 is 2.31 bits per heavy atom. The summed E-state index contributed by atoms with van der Waals surface area (Å²) in [5.74, 6) is -0.606. The van der Waals surface area contributed by atoms with Crippen LogP contribution in [0.4, 0.5) is 0 Å². The maximum absolute atomic E-state index is 13.0. The van der Waals surface area contributed by atoms with E-state index in [4.69, 9.17) is 11.6 Å². The Hall–Kier alpha value is -2.86. The van der Waals surface area contributed by atoms with Gasteiger partial charge in [-0.3, -0.25) is 14.4 Å². The first-order chi connectivity index (χ1) is 13.9. The molecule has 0 radical (unpaired) electrons. The van der Waals surface area contributed by atoms with Crippen LogP contribution in [-0.4, -0.2) is 49.3 Å². The molecule has 3 amide bonds. The Morgan fingerprint density at radius 1 is 1.03 bits per heavy atom. The minimum atomic E-state index is -0.717. The van der Waals surface area contributed by atoms with E-state index in [2.05, 4.69) is 10.6 Å². The van der Waals surface area contributed by atoms with Crippen molar-refractivity contribution in [3.8, 4) is 0 Å². The highest BCUT2D eigenvalue weighted by Crippen LogP contribution is 2.11. The van der Waals surface area contributed by atoms with Gasteiger partial charge in [-0.15, -0.1) is 0 Å². The Bertz CT molecular complexity index is 825. The van der Waals surface area contributed by atoms with Gasteiger partial charge in [-0.05, 0) is 36.2 Å². The molecule has 0 saturated heterocycles. The number of hydrogen-bond donors (Lipinski definition) is 2. The SMILES string of the molecule is CNC(=O)CCCN(C)C(=O)C(Cc1ccccc1)NC(=O)c1ccc(Cl)cc1. The summed E-state index contributed by atoms with van der Waals surface area (Å²) in [5, 5.41) is 5.94. The smallest absolute Gasteiger partial charge is 0.251 e. The molecule has 1 atom stereocenters. The van der Waals surface area contributed by atoms with Crippen LogP contribution in [0.2, 0.25) is 5.02 Å². The number of nitrogens with zero attached hydrogens (tertiary/aromatic N) is 1. The van der Waals surface area contributed by atoms with Gasteiger partial charge in [0, 0.05) is 44.1 Å². The number of rotatable bonds is 9. The van der Waals surface area contributed by atoms with Gasteiger partial charge in [0.1, 0.15) is 6.04 Å². The largest absolute Gasteiger partial charge is 0.359 e. The van der Waals surface area contributed by atoms with Crippen LogP contribution in [0.3, 0.4) is 0 Å². The first-order valence-electron chi connectivity index (χ1n) is 9.46. The van der Waals surface area contributed by atoms with E-state index < -0.39 is 6.04 Å². The lowest BCUT2D eigenvalue weighted by atomic mass is 10.0. The van der Waals surface area contributed by atoms with E-state index in [9.17, 15) is 14.4 Å². The quantitative estimate of drug-likeness (QED) is 0.660. The van der Waals surface area contributed by atoms with Gasteiger partial charge in [-0.25, -0.2) is 0 Å². The maximum Gasteiger partial charge on any atom is 0.251 e. The number of carbonyl (C=O) groups is 3. The predicted molar refractivity (Wildman–Crippen MR) is 114 cm³/mol. The zero-order valence-corrected chi connectivity index (χ0v) is 17.4. The molecular weight excluding hydrogens is 390 g/mol. The van der Waals surface area contributed by atoms with E-state index in [-0.39, 0.29) is 17.7 Å². The maximum atomic E-state index is 13.0. The number of hydrogen-bond acceptors (Lipinski definition) is 3.